The van der Waals surface area contributed by atoms with Crippen molar-refractivity contribution in [1.29, 1.82) is 0 Å². The Balaban J connectivity index is 3.11. The highest BCUT2D eigenvalue weighted by Gasteiger charge is 2.32. The number of hydrogen-bond donors (Lipinski definition) is 6. The molecule has 0 saturated carbocycles. The summed E-state index contributed by atoms with van der Waals surface area (Å²) < 4.78 is 0. The lowest BCUT2D eigenvalue weighted by molar-refractivity contribution is -0.127. The number of hydrogen-bond acceptors (Lipinski definition) is 5. The first-order valence-electron chi connectivity index (χ1n) is 11.4. The quantitative estimate of drug-likeness (QED) is 0.274. The van der Waals surface area contributed by atoms with E-state index in [1.54, 1.807) is 0 Å². The maximum atomic E-state index is 12.6. The van der Waals surface area contributed by atoms with Gasteiger partial charge in [-0.25, -0.2) is 4.79 Å². The van der Waals surface area contributed by atoms with Gasteiger partial charge in [0.2, 0.25) is 11.8 Å². The molecule has 1 aromatic carbocycles. The molecule has 186 valence electrons. The highest BCUT2D eigenvalue weighted by molar-refractivity contribution is 5.87. The molecule has 4 amide bonds. The zero-order valence-electron chi connectivity index (χ0n) is 20.4. The molecule has 0 aliphatic carbocycles. The monoisotopic (exact) mass is 463 g/mol. The average molecular weight is 464 g/mol. The van der Waals surface area contributed by atoms with Crippen LogP contribution < -0.4 is 27.4 Å². The van der Waals surface area contributed by atoms with E-state index >= 15 is 0 Å². The van der Waals surface area contributed by atoms with Crippen LogP contribution in [0.15, 0.2) is 30.3 Å². The van der Waals surface area contributed by atoms with Gasteiger partial charge in [0.1, 0.15) is 0 Å². The summed E-state index contributed by atoms with van der Waals surface area (Å²) in [5.41, 5.74) is 11.4. The zero-order chi connectivity index (χ0) is 25.2. The van der Waals surface area contributed by atoms with Gasteiger partial charge in [0.05, 0.1) is 30.7 Å². The minimum atomic E-state index is -1.13. The summed E-state index contributed by atoms with van der Waals surface area (Å²) in [5.74, 6) is -0.915. The van der Waals surface area contributed by atoms with Gasteiger partial charge in [0.25, 0.3) is 0 Å². The van der Waals surface area contributed by atoms with Crippen molar-refractivity contribution in [2.75, 3.05) is 0 Å². The number of nitrogens with one attached hydrogen (secondary N) is 3. The van der Waals surface area contributed by atoms with E-state index in [0.717, 1.165) is 12.0 Å². The van der Waals surface area contributed by atoms with Crippen LogP contribution >= 0.6 is 0 Å². The molecule has 0 spiro atoms. The average Bonchev–Trinajstić information content (AvgIpc) is 2.68. The van der Waals surface area contributed by atoms with E-state index in [2.05, 4.69) is 29.8 Å². The van der Waals surface area contributed by atoms with E-state index in [4.69, 9.17) is 11.5 Å². The Hall–Kier alpha value is -2.65. The molecule has 8 N–H and O–H groups in total. The van der Waals surface area contributed by atoms with Crippen molar-refractivity contribution in [1.82, 2.24) is 16.0 Å². The van der Waals surface area contributed by atoms with Gasteiger partial charge in [-0.05, 0) is 51.5 Å². The minimum absolute atomic E-state index is 0.303. The number of amides is 4. The summed E-state index contributed by atoms with van der Waals surface area (Å²) in [6.07, 6.45) is 0.204. The van der Waals surface area contributed by atoms with Gasteiger partial charge in [-0.3, -0.25) is 9.59 Å². The fraction of sp³-hybridized carbons (Fsp3) is 0.625. The molecule has 0 fully saturated rings. The summed E-state index contributed by atoms with van der Waals surface area (Å²) in [6.45, 7) is 9.72. The third-order valence-electron chi connectivity index (χ3n) is 5.07. The number of benzene rings is 1. The van der Waals surface area contributed by atoms with E-state index in [9.17, 15) is 19.5 Å². The lowest BCUT2D eigenvalue weighted by atomic mass is 9.91. The fourth-order valence-corrected chi connectivity index (χ4v) is 3.39. The summed E-state index contributed by atoms with van der Waals surface area (Å²) in [6, 6.07) is 6.50. The highest BCUT2D eigenvalue weighted by Crippen LogP contribution is 2.16. The van der Waals surface area contributed by atoms with E-state index in [0.29, 0.717) is 18.8 Å². The molecule has 4 atom stereocenters. The van der Waals surface area contributed by atoms with Crippen LogP contribution in [-0.2, 0) is 16.0 Å². The van der Waals surface area contributed by atoms with Crippen molar-refractivity contribution >= 4 is 17.8 Å². The summed E-state index contributed by atoms with van der Waals surface area (Å²) in [4.78, 5) is 36.4. The summed E-state index contributed by atoms with van der Waals surface area (Å²) in [5, 5.41) is 19.8. The molecular formula is C24H41N5O4. The lowest BCUT2D eigenvalue weighted by Crippen LogP contribution is -2.59. The summed E-state index contributed by atoms with van der Waals surface area (Å²) >= 11 is 0. The topological polar surface area (TPSA) is 160 Å². The van der Waals surface area contributed by atoms with Crippen LogP contribution in [-0.4, -0.2) is 52.7 Å². The predicted octanol–water partition coefficient (Wildman–Crippen LogP) is 1.18. The highest BCUT2D eigenvalue weighted by atomic mass is 16.3. The first-order chi connectivity index (χ1) is 15.3. The zero-order valence-corrected chi connectivity index (χ0v) is 20.4. The smallest absolute Gasteiger partial charge is 0.315 e. The number of aliphatic hydroxyl groups excluding tert-OH is 1. The second-order valence-electron chi connectivity index (χ2n) is 10.00. The van der Waals surface area contributed by atoms with E-state index < -0.39 is 47.6 Å². The molecule has 9 nitrogen and oxygen atoms in total. The Kier molecular flexibility index (Phi) is 11.3. The van der Waals surface area contributed by atoms with Gasteiger partial charge in [-0.1, -0.05) is 44.2 Å². The Bertz CT molecular complexity index is 764. The van der Waals surface area contributed by atoms with Gasteiger partial charge in [0, 0.05) is 5.54 Å². The van der Waals surface area contributed by atoms with Crippen LogP contribution in [0.25, 0.3) is 0 Å². The van der Waals surface area contributed by atoms with E-state index in [-0.39, 0.29) is 6.42 Å². The molecule has 9 heteroatoms. The van der Waals surface area contributed by atoms with Crippen molar-refractivity contribution in [2.24, 2.45) is 17.4 Å². The van der Waals surface area contributed by atoms with Crippen LogP contribution in [0.5, 0.6) is 0 Å². The molecule has 0 heterocycles. The number of urea groups is 1. The fourth-order valence-electron chi connectivity index (χ4n) is 3.39. The number of carbonyl (C=O) groups is 3. The predicted molar refractivity (Wildman–Crippen MR) is 129 cm³/mol. The van der Waals surface area contributed by atoms with Crippen LogP contribution in [0, 0.1) is 5.92 Å². The van der Waals surface area contributed by atoms with Gasteiger partial charge < -0.3 is 32.5 Å². The summed E-state index contributed by atoms with van der Waals surface area (Å²) in [7, 11) is 0. The van der Waals surface area contributed by atoms with Crippen LogP contribution in [0.4, 0.5) is 4.79 Å². The maximum absolute atomic E-state index is 12.6. The van der Waals surface area contributed by atoms with Gasteiger partial charge in [-0.15, -0.1) is 0 Å². The van der Waals surface area contributed by atoms with E-state index in [1.165, 1.54) is 0 Å². The minimum Gasteiger partial charge on any atom is -0.389 e. The van der Waals surface area contributed by atoms with Crippen molar-refractivity contribution in [3.8, 4) is 0 Å². The molecule has 1 aromatic rings. The third-order valence-corrected chi connectivity index (χ3v) is 5.07. The van der Waals surface area contributed by atoms with Crippen LogP contribution in [0.1, 0.15) is 59.4 Å². The molecule has 1 rings (SSSR count). The molecule has 0 saturated heterocycles. The largest absolute Gasteiger partial charge is 0.389 e. The van der Waals surface area contributed by atoms with Gasteiger partial charge in [0.15, 0.2) is 0 Å². The van der Waals surface area contributed by atoms with E-state index in [1.807, 2.05) is 51.1 Å². The molecular weight excluding hydrogens is 422 g/mol. The number of primary amides is 1. The normalized spacial score (nSPS) is 15.3. The SMILES string of the molecule is CC(C)CCC(NC(=O)NC(C)(C)C)[C@H](O)[C@H](Cc1ccccc1)NC(=O)[C@@H](N)CC(N)=O. The Morgan fingerprint density at radius 2 is 1.61 bits per heavy atom. The molecule has 0 aliphatic heterocycles. The van der Waals surface area contributed by atoms with Gasteiger partial charge >= 0.3 is 6.03 Å². The first kappa shape index (κ1) is 28.4. The van der Waals surface area contributed by atoms with Crippen molar-refractivity contribution in [3.63, 3.8) is 0 Å². The first-order valence-corrected chi connectivity index (χ1v) is 11.4. The Labute approximate surface area is 197 Å². The number of rotatable bonds is 12. The third kappa shape index (κ3) is 11.7. The van der Waals surface area contributed by atoms with Crippen molar-refractivity contribution in [2.45, 2.75) is 90.1 Å². The number of nitrogens with two attached hydrogens (primary N) is 2. The molecule has 1 unspecified atom stereocenters. The van der Waals surface area contributed by atoms with Crippen molar-refractivity contribution < 1.29 is 19.5 Å². The standard InChI is InChI=1S/C24H41N5O4/c1-15(2)11-12-18(28-23(33)29-24(3,4)5)21(31)19(13-16-9-7-6-8-10-16)27-22(32)17(25)14-20(26)30/h6-10,15,17-19,21,31H,11-14,25H2,1-5H3,(H2,26,30)(H,27,32)(H2,28,29,33)/t17-,18?,19-,21-/m0/s1. The lowest BCUT2D eigenvalue weighted by Gasteiger charge is -2.33. The molecule has 0 bridgehead atoms. The maximum Gasteiger partial charge on any atom is 0.315 e. The molecule has 0 aromatic heterocycles. The van der Waals surface area contributed by atoms with Crippen LogP contribution in [0.3, 0.4) is 0 Å². The molecule has 33 heavy (non-hydrogen) atoms. The molecule has 0 radical (unpaired) electrons. The van der Waals surface area contributed by atoms with Crippen molar-refractivity contribution in [3.05, 3.63) is 35.9 Å². The number of carbonyl (C=O) groups excluding carboxylic acids is 3. The number of aliphatic hydroxyl groups is 1. The molecule has 0 aliphatic rings. The Morgan fingerprint density at radius 3 is 2.12 bits per heavy atom. The second kappa shape index (κ2) is 13.2. The van der Waals surface area contributed by atoms with Gasteiger partial charge in [-0.2, -0.15) is 0 Å². The van der Waals surface area contributed by atoms with Crippen LogP contribution in [0.2, 0.25) is 0 Å². The second-order valence-corrected chi connectivity index (χ2v) is 10.00. The Morgan fingerprint density at radius 1 is 1.00 bits per heavy atom.